The minimum absolute atomic E-state index is 0. The van der Waals surface area contributed by atoms with E-state index in [9.17, 15) is 28.7 Å². The van der Waals surface area contributed by atoms with E-state index in [1.54, 1.807) is 0 Å². The summed E-state index contributed by atoms with van der Waals surface area (Å²) in [5.74, 6) is -5.00. The van der Waals surface area contributed by atoms with E-state index >= 15 is 0 Å². The Morgan fingerprint density at radius 2 is 1.42 bits per heavy atom. The number of phosphoric ester groups is 1. The fraction of sp³-hybridized carbons (Fsp3) is 0.286. The second-order valence-electron chi connectivity index (χ2n) is 2.13. The summed E-state index contributed by atoms with van der Waals surface area (Å²) in [6.45, 7) is 3.65. The van der Waals surface area contributed by atoms with Gasteiger partial charge in [0.1, 0.15) is 7.82 Å². The van der Waals surface area contributed by atoms with Crippen LogP contribution >= 0.6 is 17.7 Å². The molecule has 0 amide bonds. The van der Waals surface area contributed by atoms with Crippen LogP contribution in [-0.2, 0) is 23.5 Å². The first-order valence-electron chi connectivity index (χ1n) is 3.35. The molecule has 0 aromatic rings. The van der Waals surface area contributed by atoms with Crippen LogP contribution in [-0.4, -0.2) is 27.9 Å². The molecule has 0 heterocycles. The van der Waals surface area contributed by atoms with E-state index in [0.29, 0.717) is 0 Å². The van der Waals surface area contributed by atoms with Gasteiger partial charge in [0.2, 0.25) is 11.5 Å². The summed E-state index contributed by atoms with van der Waals surface area (Å²) in [6, 6.07) is 0. The van der Waals surface area contributed by atoms with Crippen LogP contribution in [0.4, 0.5) is 0 Å². The first-order chi connectivity index (χ1) is 6.97. The van der Waals surface area contributed by atoms with E-state index < -0.39 is 31.3 Å². The van der Waals surface area contributed by atoms with Crippen molar-refractivity contribution < 1.29 is 94.9 Å². The van der Waals surface area contributed by atoms with Gasteiger partial charge in [0.15, 0.2) is 0 Å². The molecule has 0 aromatic heterocycles. The Bertz CT molecular complexity index is 350. The number of ketones is 1. The molecule has 0 aliphatic carbocycles. The molecular formula is C7H13KO9P2-2. The molecule has 12 heteroatoms. The van der Waals surface area contributed by atoms with E-state index in [1.807, 2.05) is 0 Å². The number of carbonyl (C=O) groups is 3. The Kier molecular flexibility index (Phi) is 24.6. The molecule has 0 aliphatic rings. The Morgan fingerprint density at radius 1 is 1.16 bits per heavy atom. The van der Waals surface area contributed by atoms with Gasteiger partial charge in [-0.3, -0.25) is 4.79 Å². The third kappa shape index (κ3) is 27.5. The fourth-order valence-electron chi connectivity index (χ4n) is 0.174. The van der Waals surface area contributed by atoms with Gasteiger partial charge in [-0.25, -0.2) is 9.59 Å². The molecule has 108 valence electrons. The van der Waals surface area contributed by atoms with Gasteiger partial charge in [0.05, 0.1) is 0 Å². The van der Waals surface area contributed by atoms with Crippen molar-refractivity contribution in [2.45, 2.75) is 14.4 Å². The van der Waals surface area contributed by atoms with Crippen molar-refractivity contribution in [2.75, 3.05) is 0 Å². The van der Waals surface area contributed by atoms with Gasteiger partial charge in [0.25, 0.3) is 0 Å². The summed E-state index contributed by atoms with van der Waals surface area (Å²) < 4.78 is 13.0. The van der Waals surface area contributed by atoms with Crippen LogP contribution < -0.4 is 61.2 Å². The summed E-state index contributed by atoms with van der Waals surface area (Å²) in [4.78, 5) is 48.0. The summed E-state index contributed by atoms with van der Waals surface area (Å²) in [5, 5.41) is 15.6. The maximum absolute atomic E-state index is 9.75. The zero-order chi connectivity index (χ0) is 13.5. The summed E-state index contributed by atoms with van der Waals surface area (Å²) in [6.07, 6.45) is 0. The number of aliphatic carboxylic acids is 2. The molecule has 0 fully saturated rings. The van der Waals surface area contributed by atoms with Crippen LogP contribution in [0, 0.1) is 0 Å². The molecule has 9 nitrogen and oxygen atoms in total. The number of Topliss-reactive ketones (excluding diaryl/α,β-unsaturated/α-hetero) is 1. The maximum Gasteiger partial charge on any atom is 1.00 e. The summed E-state index contributed by atoms with van der Waals surface area (Å²) in [7, 11) is -5.26. The number of carboxylic acid groups (broad SMARTS) is 2. The number of hydrogen-bond acceptors (Lipinski definition) is 7. The molecule has 0 spiro atoms. The minimum Gasteiger partial charge on any atom is -0.780 e. The Morgan fingerprint density at radius 3 is 1.47 bits per heavy atom. The summed E-state index contributed by atoms with van der Waals surface area (Å²) in [5.41, 5.74) is 0. The second-order valence-corrected chi connectivity index (χ2v) is 3.21. The van der Waals surface area contributed by atoms with Crippen molar-refractivity contribution in [1.29, 1.82) is 0 Å². The third-order valence-electron chi connectivity index (χ3n) is 0.762. The Hall–Kier alpha value is 0.366. The van der Waals surface area contributed by atoms with Crippen molar-refractivity contribution >= 4 is 35.4 Å². The molecule has 0 bridgehead atoms. The van der Waals surface area contributed by atoms with Crippen LogP contribution in [0.25, 0.3) is 0 Å². The molecule has 0 radical (unpaired) electrons. The normalized spacial score (nSPS) is 7.95. The smallest absolute Gasteiger partial charge is 0.780 e. The molecular weight excluding hydrogens is 329 g/mol. The second kappa shape index (κ2) is 14.8. The number of carboxylic acids is 2. The van der Waals surface area contributed by atoms with Gasteiger partial charge < -0.3 is 39.0 Å². The van der Waals surface area contributed by atoms with E-state index in [0.717, 1.165) is 6.92 Å². The van der Waals surface area contributed by atoms with Crippen molar-refractivity contribution in [2.24, 2.45) is 0 Å². The molecule has 0 atom stereocenters. The maximum atomic E-state index is 9.75. The van der Waals surface area contributed by atoms with E-state index in [1.165, 1.54) is 0 Å². The van der Waals surface area contributed by atoms with Crippen LogP contribution in [0.15, 0.2) is 12.3 Å². The number of hydrogen-bond donors (Lipinski definition) is 2. The van der Waals surface area contributed by atoms with E-state index in [-0.39, 0.29) is 68.7 Å². The standard InChI is InChI=1S/C3H5O6P.C3H4O3.CH4.K.H2P/c1-2(3(4)5)9-10(6,7)8;1-2(4)3(5)6;;;/h1H2,(H,4,5)(H2,6,7,8);1H3,(H,5,6);1H4;;1H2/q;;;+1;-1/p-2. The molecule has 0 aliphatic heterocycles. The van der Waals surface area contributed by atoms with Crippen molar-refractivity contribution in [3.05, 3.63) is 12.3 Å². The van der Waals surface area contributed by atoms with Crippen molar-refractivity contribution in [3.63, 3.8) is 0 Å². The first kappa shape index (κ1) is 31.7. The fourth-order valence-corrected chi connectivity index (χ4v) is 0.522. The number of carbonyl (C=O) groups excluding carboxylic acids is 1. The average molecular weight is 342 g/mol. The average Bonchev–Trinajstić information content (AvgIpc) is 2.01. The van der Waals surface area contributed by atoms with Gasteiger partial charge in [-0.15, -0.1) is 0 Å². The molecule has 0 unspecified atom stereocenters. The molecule has 0 saturated carbocycles. The van der Waals surface area contributed by atoms with Crippen LogP contribution in [0.1, 0.15) is 14.4 Å². The number of rotatable bonds is 4. The van der Waals surface area contributed by atoms with Gasteiger partial charge >= 0.3 is 63.3 Å². The van der Waals surface area contributed by atoms with Gasteiger partial charge in [-0.1, -0.05) is 7.43 Å². The monoisotopic (exact) mass is 342 g/mol. The van der Waals surface area contributed by atoms with Crippen molar-refractivity contribution in [1.82, 2.24) is 0 Å². The SMILES string of the molecule is C.C=C(OP(=O)([O-])[O-])C(=O)O.CC(=O)C(=O)O.[K+].[PH2-]. The molecule has 19 heavy (non-hydrogen) atoms. The van der Waals surface area contributed by atoms with Gasteiger partial charge in [-0.05, 0) is 6.58 Å². The summed E-state index contributed by atoms with van der Waals surface area (Å²) >= 11 is 0. The zero-order valence-electron chi connectivity index (χ0n) is 9.48. The predicted octanol–water partition coefficient (Wildman–Crippen LogP) is -3.94. The number of phosphoric acid groups is 1. The first-order valence-corrected chi connectivity index (χ1v) is 4.81. The minimum atomic E-state index is -5.26. The topological polar surface area (TPSA) is 164 Å². The van der Waals surface area contributed by atoms with E-state index in [4.69, 9.17) is 10.2 Å². The Labute approximate surface area is 155 Å². The van der Waals surface area contributed by atoms with Crippen LogP contribution in [0.2, 0.25) is 0 Å². The van der Waals surface area contributed by atoms with Gasteiger partial charge in [0, 0.05) is 6.92 Å². The Balaban J connectivity index is -0.0000000646. The third-order valence-corrected chi connectivity index (χ3v) is 1.21. The predicted molar refractivity (Wildman–Crippen MR) is 60.2 cm³/mol. The van der Waals surface area contributed by atoms with E-state index in [2.05, 4.69) is 11.1 Å². The van der Waals surface area contributed by atoms with Crippen LogP contribution in [0.3, 0.4) is 0 Å². The van der Waals surface area contributed by atoms with Gasteiger partial charge in [-0.2, -0.15) is 0 Å². The van der Waals surface area contributed by atoms with Crippen LogP contribution in [0.5, 0.6) is 0 Å². The molecule has 0 saturated heterocycles. The quantitative estimate of drug-likeness (QED) is 0.170. The molecule has 0 rings (SSSR count). The van der Waals surface area contributed by atoms with Crippen molar-refractivity contribution in [3.8, 4) is 0 Å². The largest absolute Gasteiger partial charge is 1.00 e. The molecule has 0 aromatic carbocycles. The zero-order valence-corrected chi connectivity index (χ0v) is 14.7. The molecule has 2 N–H and O–H groups in total.